The van der Waals surface area contributed by atoms with E-state index >= 15 is 0 Å². The number of pyridine rings is 1. The summed E-state index contributed by atoms with van der Waals surface area (Å²) in [5.41, 5.74) is 1.91. The van der Waals surface area contributed by atoms with E-state index in [9.17, 15) is 9.59 Å². The van der Waals surface area contributed by atoms with Gasteiger partial charge in [-0.05, 0) is 36.2 Å². The Labute approximate surface area is 164 Å². The first-order chi connectivity index (χ1) is 13.6. The number of carbonyl (C=O) groups excluding carboxylic acids is 1. The van der Waals surface area contributed by atoms with Crippen LogP contribution in [-0.2, 0) is 16.1 Å². The van der Waals surface area contributed by atoms with Crippen LogP contribution >= 0.6 is 0 Å². The van der Waals surface area contributed by atoms with E-state index in [2.05, 4.69) is 20.1 Å². The van der Waals surface area contributed by atoms with Gasteiger partial charge in [-0.15, -0.1) is 0 Å². The number of carbonyl (C=O) groups is 2. The normalized spacial score (nSPS) is 21.9. The van der Waals surface area contributed by atoms with E-state index in [1.165, 1.54) is 5.56 Å². The SMILES string of the molecule is O=C(O)[C@@H]1C[C@H]1C(=O)Nc1ccc(CN2CCN(c3ccccn3)CC2)cc1. The van der Waals surface area contributed by atoms with Gasteiger partial charge in [-0.2, -0.15) is 0 Å². The zero-order chi connectivity index (χ0) is 19.5. The number of carboxylic acids is 1. The molecule has 0 radical (unpaired) electrons. The van der Waals surface area contributed by atoms with Crippen LogP contribution in [0, 0.1) is 11.8 Å². The Hall–Kier alpha value is -2.93. The van der Waals surface area contributed by atoms with Crippen molar-refractivity contribution in [3.63, 3.8) is 0 Å². The quantitative estimate of drug-likeness (QED) is 0.798. The number of benzene rings is 1. The molecule has 2 heterocycles. The molecule has 1 saturated carbocycles. The molecule has 7 heteroatoms. The van der Waals surface area contributed by atoms with Crippen molar-refractivity contribution in [3.8, 4) is 0 Å². The first-order valence-electron chi connectivity index (χ1n) is 9.61. The van der Waals surface area contributed by atoms with Crippen LogP contribution in [0.25, 0.3) is 0 Å². The summed E-state index contributed by atoms with van der Waals surface area (Å²) < 4.78 is 0. The second-order valence-corrected chi connectivity index (χ2v) is 7.42. The fraction of sp³-hybridized carbons (Fsp3) is 0.381. The molecule has 4 rings (SSSR count). The molecular weight excluding hydrogens is 356 g/mol. The fourth-order valence-electron chi connectivity index (χ4n) is 3.62. The van der Waals surface area contributed by atoms with E-state index < -0.39 is 17.8 Å². The lowest BCUT2D eigenvalue weighted by Crippen LogP contribution is -2.46. The van der Waals surface area contributed by atoms with Crippen molar-refractivity contribution in [3.05, 3.63) is 54.2 Å². The molecule has 2 aliphatic rings. The second-order valence-electron chi connectivity index (χ2n) is 7.42. The Bertz CT molecular complexity index is 832. The van der Waals surface area contributed by atoms with Gasteiger partial charge in [-0.25, -0.2) is 4.98 Å². The Balaban J connectivity index is 1.25. The average molecular weight is 380 g/mol. The highest BCUT2D eigenvalue weighted by Crippen LogP contribution is 2.39. The smallest absolute Gasteiger partial charge is 0.307 e. The number of hydrogen-bond donors (Lipinski definition) is 2. The minimum absolute atomic E-state index is 0.203. The number of nitrogens with zero attached hydrogens (tertiary/aromatic N) is 3. The summed E-state index contributed by atoms with van der Waals surface area (Å²) in [6.45, 7) is 4.74. The molecule has 1 aromatic heterocycles. The van der Waals surface area contributed by atoms with E-state index in [1.54, 1.807) is 0 Å². The third-order valence-electron chi connectivity index (χ3n) is 5.42. The molecule has 2 N–H and O–H groups in total. The van der Waals surface area contributed by atoms with Gasteiger partial charge in [0.2, 0.25) is 5.91 Å². The van der Waals surface area contributed by atoms with Crippen molar-refractivity contribution in [2.45, 2.75) is 13.0 Å². The number of amides is 1. The van der Waals surface area contributed by atoms with Gasteiger partial charge >= 0.3 is 5.97 Å². The average Bonchev–Trinajstić information content (AvgIpc) is 3.52. The maximum atomic E-state index is 12.0. The maximum absolute atomic E-state index is 12.0. The molecule has 2 fully saturated rings. The summed E-state index contributed by atoms with van der Waals surface area (Å²) in [5.74, 6) is -0.982. The molecule has 0 bridgehead atoms. The van der Waals surface area contributed by atoms with Crippen molar-refractivity contribution >= 4 is 23.4 Å². The van der Waals surface area contributed by atoms with Crippen LogP contribution in [0.3, 0.4) is 0 Å². The summed E-state index contributed by atoms with van der Waals surface area (Å²) >= 11 is 0. The number of aliphatic carboxylic acids is 1. The number of rotatable bonds is 6. The highest BCUT2D eigenvalue weighted by atomic mass is 16.4. The standard InChI is InChI=1S/C21H24N4O3/c26-20(17-13-18(17)21(27)28)23-16-6-4-15(5-7-16)14-24-9-11-25(12-10-24)19-3-1-2-8-22-19/h1-8,17-18H,9-14H2,(H,23,26)(H,27,28)/t17-,18-/m1/s1. The number of piperazine rings is 1. The van der Waals surface area contributed by atoms with E-state index in [0.717, 1.165) is 38.5 Å². The van der Waals surface area contributed by atoms with Crippen molar-refractivity contribution in [2.75, 3.05) is 36.4 Å². The van der Waals surface area contributed by atoms with Crippen molar-refractivity contribution in [1.82, 2.24) is 9.88 Å². The van der Waals surface area contributed by atoms with Gasteiger partial charge in [0.25, 0.3) is 0 Å². The molecule has 0 spiro atoms. The van der Waals surface area contributed by atoms with Crippen LogP contribution in [-0.4, -0.2) is 53.0 Å². The van der Waals surface area contributed by atoms with Gasteiger partial charge in [0, 0.05) is 44.6 Å². The van der Waals surface area contributed by atoms with Gasteiger partial charge in [-0.3, -0.25) is 14.5 Å². The molecule has 1 saturated heterocycles. The second kappa shape index (κ2) is 7.98. The van der Waals surface area contributed by atoms with Gasteiger partial charge in [0.15, 0.2) is 0 Å². The first-order valence-corrected chi connectivity index (χ1v) is 9.61. The lowest BCUT2D eigenvalue weighted by molar-refractivity contribution is -0.139. The van der Waals surface area contributed by atoms with Crippen LogP contribution in [0.4, 0.5) is 11.5 Å². The molecule has 1 aromatic carbocycles. The summed E-state index contributed by atoms with van der Waals surface area (Å²) in [6.07, 6.45) is 2.26. The summed E-state index contributed by atoms with van der Waals surface area (Å²) in [5, 5.41) is 11.7. The molecule has 0 unspecified atom stereocenters. The third-order valence-corrected chi connectivity index (χ3v) is 5.42. The maximum Gasteiger partial charge on any atom is 0.307 e. The largest absolute Gasteiger partial charge is 0.481 e. The molecule has 7 nitrogen and oxygen atoms in total. The number of nitrogens with one attached hydrogen (secondary N) is 1. The Morgan fingerprint density at radius 2 is 1.79 bits per heavy atom. The molecule has 2 aromatic rings. The van der Waals surface area contributed by atoms with Gasteiger partial charge < -0.3 is 15.3 Å². The van der Waals surface area contributed by atoms with Gasteiger partial charge in [0.1, 0.15) is 5.82 Å². The highest BCUT2D eigenvalue weighted by Gasteiger charge is 2.48. The van der Waals surface area contributed by atoms with Gasteiger partial charge in [0.05, 0.1) is 11.8 Å². The van der Waals surface area contributed by atoms with Crippen LogP contribution < -0.4 is 10.2 Å². The minimum atomic E-state index is -0.890. The van der Waals surface area contributed by atoms with E-state index in [-0.39, 0.29) is 5.91 Å². The Morgan fingerprint density at radius 1 is 1.04 bits per heavy atom. The molecular formula is C21H24N4O3. The van der Waals surface area contributed by atoms with Crippen LogP contribution in [0.5, 0.6) is 0 Å². The van der Waals surface area contributed by atoms with E-state index in [4.69, 9.17) is 5.11 Å². The minimum Gasteiger partial charge on any atom is -0.481 e. The topological polar surface area (TPSA) is 85.8 Å². The number of aromatic nitrogens is 1. The van der Waals surface area contributed by atoms with Crippen LogP contribution in [0.2, 0.25) is 0 Å². The molecule has 146 valence electrons. The lowest BCUT2D eigenvalue weighted by Gasteiger charge is -2.35. The third kappa shape index (κ3) is 4.31. The molecule has 2 atom stereocenters. The van der Waals surface area contributed by atoms with Crippen molar-refractivity contribution in [2.24, 2.45) is 11.8 Å². The summed E-state index contributed by atoms with van der Waals surface area (Å²) in [7, 11) is 0. The Kier molecular flexibility index (Phi) is 5.25. The zero-order valence-electron chi connectivity index (χ0n) is 15.6. The molecule has 28 heavy (non-hydrogen) atoms. The van der Waals surface area contributed by atoms with Crippen LogP contribution in [0.1, 0.15) is 12.0 Å². The first kappa shape index (κ1) is 18.4. The van der Waals surface area contributed by atoms with E-state index in [0.29, 0.717) is 12.1 Å². The van der Waals surface area contributed by atoms with Gasteiger partial charge in [-0.1, -0.05) is 18.2 Å². The van der Waals surface area contributed by atoms with Crippen LogP contribution in [0.15, 0.2) is 48.7 Å². The predicted molar refractivity (Wildman–Crippen MR) is 106 cm³/mol. The molecule has 1 amide bonds. The number of hydrogen-bond acceptors (Lipinski definition) is 5. The van der Waals surface area contributed by atoms with E-state index in [1.807, 2.05) is 48.7 Å². The molecule has 1 aliphatic carbocycles. The Morgan fingerprint density at radius 3 is 2.39 bits per heavy atom. The number of carboxylic acid groups (broad SMARTS) is 1. The number of anilines is 2. The monoisotopic (exact) mass is 380 g/mol. The predicted octanol–water partition coefficient (Wildman–Crippen LogP) is 2.06. The highest BCUT2D eigenvalue weighted by molar-refractivity contribution is 5.98. The fourth-order valence-corrected chi connectivity index (χ4v) is 3.62. The zero-order valence-corrected chi connectivity index (χ0v) is 15.6. The molecule has 1 aliphatic heterocycles. The van der Waals surface area contributed by atoms with Crippen molar-refractivity contribution in [1.29, 1.82) is 0 Å². The van der Waals surface area contributed by atoms with Crippen molar-refractivity contribution < 1.29 is 14.7 Å². The summed E-state index contributed by atoms with van der Waals surface area (Å²) in [4.78, 5) is 32.0. The summed E-state index contributed by atoms with van der Waals surface area (Å²) in [6, 6.07) is 13.8. The lowest BCUT2D eigenvalue weighted by atomic mass is 10.1.